The number of nitrogens with one attached hydrogen (secondary N) is 2. The number of halogens is 10. The number of aromatic nitrogens is 3. The van der Waals surface area contributed by atoms with E-state index in [9.17, 15) is 49.1 Å². The number of anilines is 1. The number of amides is 2. The van der Waals surface area contributed by atoms with Gasteiger partial charge in [0.2, 0.25) is 0 Å². The molecule has 2 N–H and O–H groups in total. The van der Waals surface area contributed by atoms with Crippen molar-refractivity contribution in [3.05, 3.63) is 39.3 Å². The quantitative estimate of drug-likeness (QED) is 0.526. The zero-order chi connectivity index (χ0) is 25.8. The number of hydrogen-bond donors (Lipinski definition) is 2. The SMILES string of the molecule is Cn1nc(C(F)(F)C(F)(F)F)c(C(F)(F)F)c1C(=O)Nc1cc(C(=O)N[C@@H]2C[C@@H]2F)c(Br)cn1. The van der Waals surface area contributed by atoms with Crippen molar-refractivity contribution < 1.29 is 49.1 Å². The molecule has 0 aliphatic heterocycles. The molecule has 186 valence electrons. The van der Waals surface area contributed by atoms with Crippen LogP contribution < -0.4 is 10.6 Å². The third-order valence-electron chi connectivity index (χ3n) is 4.57. The normalized spacial score (nSPS) is 18.6. The van der Waals surface area contributed by atoms with E-state index in [1.807, 2.05) is 0 Å². The van der Waals surface area contributed by atoms with Gasteiger partial charge in [-0.15, -0.1) is 0 Å². The van der Waals surface area contributed by atoms with Crippen molar-refractivity contribution in [1.29, 1.82) is 0 Å². The van der Waals surface area contributed by atoms with Crippen LogP contribution in [0, 0.1) is 0 Å². The molecule has 2 aromatic heterocycles. The van der Waals surface area contributed by atoms with E-state index in [0.717, 1.165) is 12.3 Å². The summed E-state index contributed by atoms with van der Waals surface area (Å²) in [6.45, 7) is 0. The predicted molar refractivity (Wildman–Crippen MR) is 98.8 cm³/mol. The molecule has 2 amide bonds. The number of rotatable bonds is 5. The van der Waals surface area contributed by atoms with Crippen LogP contribution in [0.2, 0.25) is 0 Å². The standard InChI is InChI=1S/C17H11BrF9N5O2/c1-32-11(10(16(22,23)24)12(31-32)15(20,21)17(25,26)27)14(34)30-9-2-5(6(18)4-28-9)13(33)29-8-3-7(8)19/h2,4,7-8H,3H2,1H3,(H,29,33)(H,28,30,34)/t7-,8+/m0/s1. The summed E-state index contributed by atoms with van der Waals surface area (Å²) < 4.78 is 119. The molecule has 0 aromatic carbocycles. The second-order valence-electron chi connectivity index (χ2n) is 7.10. The number of carbonyl (C=O) groups excluding carboxylic acids is 2. The molecule has 17 heteroatoms. The fraction of sp³-hybridized carbons (Fsp3) is 0.412. The van der Waals surface area contributed by atoms with Crippen molar-refractivity contribution in [2.24, 2.45) is 7.05 Å². The van der Waals surface area contributed by atoms with E-state index >= 15 is 0 Å². The van der Waals surface area contributed by atoms with Crippen LogP contribution in [0.5, 0.6) is 0 Å². The van der Waals surface area contributed by atoms with Gasteiger partial charge in [0.05, 0.1) is 11.6 Å². The lowest BCUT2D eigenvalue weighted by Gasteiger charge is -2.19. The average molecular weight is 568 g/mol. The molecule has 0 unspecified atom stereocenters. The molecule has 0 spiro atoms. The Bertz CT molecular complexity index is 1150. The maximum atomic E-state index is 13.7. The molecule has 1 fully saturated rings. The predicted octanol–water partition coefficient (Wildman–Crippen LogP) is 4.34. The minimum Gasteiger partial charge on any atom is -0.346 e. The number of nitrogens with zero attached hydrogens (tertiary/aromatic N) is 3. The average Bonchev–Trinajstić information content (AvgIpc) is 3.23. The van der Waals surface area contributed by atoms with Crippen LogP contribution in [-0.2, 0) is 19.1 Å². The summed E-state index contributed by atoms with van der Waals surface area (Å²) in [6.07, 6.45) is -12.5. The van der Waals surface area contributed by atoms with Crippen molar-refractivity contribution in [1.82, 2.24) is 20.1 Å². The molecule has 1 saturated carbocycles. The second kappa shape index (κ2) is 8.42. The molecule has 1 aliphatic rings. The van der Waals surface area contributed by atoms with Crippen LogP contribution in [0.15, 0.2) is 16.7 Å². The Balaban J connectivity index is 1.98. The third kappa shape index (κ3) is 4.83. The molecule has 34 heavy (non-hydrogen) atoms. The fourth-order valence-corrected chi connectivity index (χ4v) is 3.22. The first kappa shape index (κ1) is 25.8. The summed E-state index contributed by atoms with van der Waals surface area (Å²) in [5.41, 5.74) is -7.16. The molecule has 2 heterocycles. The summed E-state index contributed by atoms with van der Waals surface area (Å²) in [5, 5.41) is 6.73. The highest BCUT2D eigenvalue weighted by atomic mass is 79.9. The molecule has 1 aliphatic carbocycles. The molecule has 2 atom stereocenters. The Labute approximate surface area is 191 Å². The highest BCUT2D eigenvalue weighted by Crippen LogP contribution is 2.48. The lowest BCUT2D eigenvalue weighted by atomic mass is 10.1. The Morgan fingerprint density at radius 3 is 2.21 bits per heavy atom. The smallest absolute Gasteiger partial charge is 0.346 e. The van der Waals surface area contributed by atoms with Crippen LogP contribution in [0.4, 0.5) is 45.3 Å². The van der Waals surface area contributed by atoms with Gasteiger partial charge in [-0.1, -0.05) is 0 Å². The maximum Gasteiger partial charge on any atom is 0.459 e. The largest absolute Gasteiger partial charge is 0.459 e. The van der Waals surface area contributed by atoms with Gasteiger partial charge in [-0.3, -0.25) is 14.3 Å². The van der Waals surface area contributed by atoms with Crippen molar-refractivity contribution in [2.75, 3.05) is 5.32 Å². The van der Waals surface area contributed by atoms with Gasteiger partial charge >= 0.3 is 18.3 Å². The molecule has 2 aromatic rings. The van der Waals surface area contributed by atoms with E-state index in [-0.39, 0.29) is 21.1 Å². The zero-order valence-corrected chi connectivity index (χ0v) is 18.0. The first-order valence-corrected chi connectivity index (χ1v) is 9.75. The van der Waals surface area contributed by atoms with Crippen molar-refractivity contribution in [3.8, 4) is 0 Å². The summed E-state index contributed by atoms with van der Waals surface area (Å²) in [7, 11) is 0.566. The van der Waals surface area contributed by atoms with Crippen LogP contribution in [0.25, 0.3) is 0 Å². The van der Waals surface area contributed by atoms with Crippen LogP contribution in [0.3, 0.4) is 0 Å². The van der Waals surface area contributed by atoms with E-state index in [1.54, 1.807) is 5.32 Å². The van der Waals surface area contributed by atoms with Gasteiger partial charge in [0.25, 0.3) is 11.8 Å². The van der Waals surface area contributed by atoms with E-state index < -0.39 is 65.1 Å². The van der Waals surface area contributed by atoms with E-state index in [0.29, 0.717) is 7.05 Å². The molecule has 0 saturated heterocycles. The minimum atomic E-state index is -6.43. The molecular formula is C17H11BrF9N5O2. The third-order valence-corrected chi connectivity index (χ3v) is 5.20. The lowest BCUT2D eigenvalue weighted by molar-refractivity contribution is -0.292. The van der Waals surface area contributed by atoms with Gasteiger partial charge in [0.15, 0.2) is 5.69 Å². The fourth-order valence-electron chi connectivity index (χ4n) is 2.82. The Morgan fingerprint density at radius 1 is 1.12 bits per heavy atom. The van der Waals surface area contributed by atoms with Crippen molar-refractivity contribution in [2.45, 2.75) is 36.9 Å². The Hall–Kier alpha value is -2.85. The van der Waals surface area contributed by atoms with Crippen LogP contribution in [0.1, 0.15) is 38.5 Å². The van der Waals surface area contributed by atoms with Crippen LogP contribution in [-0.4, -0.2) is 45.0 Å². The first-order valence-electron chi connectivity index (χ1n) is 8.96. The molecule has 0 radical (unpaired) electrons. The van der Waals surface area contributed by atoms with E-state index in [4.69, 9.17) is 0 Å². The molecule has 7 nitrogen and oxygen atoms in total. The van der Waals surface area contributed by atoms with Gasteiger partial charge in [0.1, 0.15) is 23.2 Å². The highest BCUT2D eigenvalue weighted by molar-refractivity contribution is 9.10. The van der Waals surface area contributed by atoms with Gasteiger partial charge < -0.3 is 10.6 Å². The Kier molecular flexibility index (Phi) is 6.38. The van der Waals surface area contributed by atoms with Gasteiger partial charge in [-0.05, 0) is 22.0 Å². The number of pyridine rings is 1. The molecule has 3 rings (SSSR count). The second-order valence-corrected chi connectivity index (χ2v) is 7.96. The summed E-state index contributed by atoms with van der Waals surface area (Å²) >= 11 is 2.98. The molecule has 0 bridgehead atoms. The number of carbonyl (C=O) groups is 2. The van der Waals surface area contributed by atoms with Gasteiger partial charge in [-0.2, -0.15) is 40.2 Å². The first-order chi connectivity index (χ1) is 15.4. The van der Waals surface area contributed by atoms with E-state index in [2.05, 4.69) is 31.3 Å². The topological polar surface area (TPSA) is 88.9 Å². The van der Waals surface area contributed by atoms with Crippen LogP contribution >= 0.6 is 15.9 Å². The summed E-state index contributed by atoms with van der Waals surface area (Å²) in [6, 6.07) is 0.130. The highest BCUT2D eigenvalue weighted by Gasteiger charge is 2.64. The lowest BCUT2D eigenvalue weighted by Crippen LogP contribution is -2.36. The number of aryl methyl sites for hydroxylation is 1. The number of alkyl halides is 9. The maximum absolute atomic E-state index is 13.7. The van der Waals surface area contributed by atoms with Gasteiger partial charge in [-0.25, -0.2) is 9.37 Å². The number of hydrogen-bond acceptors (Lipinski definition) is 4. The molecular weight excluding hydrogens is 557 g/mol. The van der Waals surface area contributed by atoms with Crippen molar-refractivity contribution in [3.63, 3.8) is 0 Å². The Morgan fingerprint density at radius 2 is 1.71 bits per heavy atom. The van der Waals surface area contributed by atoms with E-state index in [1.165, 1.54) is 0 Å². The van der Waals surface area contributed by atoms with Gasteiger partial charge in [0, 0.05) is 24.1 Å². The summed E-state index contributed by atoms with van der Waals surface area (Å²) in [4.78, 5) is 28.3. The zero-order valence-electron chi connectivity index (χ0n) is 16.5. The minimum absolute atomic E-state index is 0.0580. The summed E-state index contributed by atoms with van der Waals surface area (Å²) in [5.74, 6) is -9.17. The van der Waals surface area contributed by atoms with Crippen molar-refractivity contribution >= 4 is 33.6 Å². The monoisotopic (exact) mass is 567 g/mol.